The number of benzene rings is 2. The number of hydrogen-bond acceptors (Lipinski definition) is 6. The normalized spacial score (nSPS) is 9.82. The topological polar surface area (TPSA) is 96.0 Å². The molecule has 1 heterocycles. The Bertz CT molecular complexity index is 1100. The van der Waals surface area contributed by atoms with Crippen molar-refractivity contribution >= 4 is 5.97 Å². The third-order valence-electron chi connectivity index (χ3n) is 4.07. The number of ether oxygens (including phenoxy) is 2. The summed E-state index contributed by atoms with van der Waals surface area (Å²) >= 11 is 0. The van der Waals surface area contributed by atoms with Gasteiger partial charge in [0.1, 0.15) is 24.1 Å². The number of rotatable bonds is 5. The van der Waals surface area contributed by atoms with Gasteiger partial charge in [0.05, 0.1) is 24.3 Å². The van der Waals surface area contributed by atoms with Gasteiger partial charge in [-0.05, 0) is 29.8 Å². The Morgan fingerprint density at radius 2 is 1.82 bits per heavy atom. The molecule has 0 aliphatic heterocycles. The summed E-state index contributed by atoms with van der Waals surface area (Å²) in [6, 6.07) is 19.7. The monoisotopic (exact) mass is 369 g/mol. The molecule has 1 aromatic heterocycles. The minimum Gasteiger partial charge on any atom is -0.496 e. The number of pyridine rings is 1. The first kappa shape index (κ1) is 18.6. The van der Waals surface area contributed by atoms with Crippen molar-refractivity contribution in [2.45, 2.75) is 6.61 Å². The number of hydrogen-bond donors (Lipinski definition) is 0. The largest absolute Gasteiger partial charge is 0.496 e. The van der Waals surface area contributed by atoms with Gasteiger partial charge in [-0.3, -0.25) is 0 Å². The third-order valence-corrected chi connectivity index (χ3v) is 4.07. The molecule has 0 fully saturated rings. The Kier molecular flexibility index (Phi) is 5.64. The van der Waals surface area contributed by atoms with Gasteiger partial charge in [0, 0.05) is 17.3 Å². The number of carbonyl (C=O) groups excluding carboxylic acids is 1. The van der Waals surface area contributed by atoms with Crippen LogP contribution in [0, 0.1) is 22.7 Å². The van der Waals surface area contributed by atoms with E-state index in [1.807, 2.05) is 36.4 Å². The summed E-state index contributed by atoms with van der Waals surface area (Å²) in [6.07, 6.45) is 1.31. The molecule has 0 aliphatic rings. The fraction of sp³-hybridized carbons (Fsp3) is 0.0909. The van der Waals surface area contributed by atoms with Gasteiger partial charge < -0.3 is 9.47 Å². The van der Waals surface area contributed by atoms with Gasteiger partial charge in [-0.15, -0.1) is 0 Å². The Hall–Kier alpha value is -4.16. The van der Waals surface area contributed by atoms with Crippen molar-refractivity contribution in [3.05, 3.63) is 83.2 Å². The van der Waals surface area contributed by atoms with E-state index in [0.717, 1.165) is 5.56 Å². The quantitative estimate of drug-likeness (QED) is 0.634. The first-order chi connectivity index (χ1) is 13.7. The first-order valence-electron chi connectivity index (χ1n) is 8.36. The van der Waals surface area contributed by atoms with E-state index in [2.05, 4.69) is 11.1 Å². The van der Waals surface area contributed by atoms with Crippen LogP contribution in [0.2, 0.25) is 0 Å². The molecule has 0 unspecified atom stereocenters. The van der Waals surface area contributed by atoms with Gasteiger partial charge in [-0.2, -0.15) is 10.5 Å². The standard InChI is InChI=1S/C22H15N3O3/c1-27-21-8-7-16(11-23)9-19(21)18-10-17(12-24)25-13-20(18)22(26)28-14-15-5-3-2-4-6-15/h2-10,13H,14H2,1H3. The summed E-state index contributed by atoms with van der Waals surface area (Å²) in [5.74, 6) is -0.119. The molecule has 3 aromatic rings. The lowest BCUT2D eigenvalue weighted by atomic mass is 9.98. The molecule has 0 amide bonds. The van der Waals surface area contributed by atoms with Crippen LogP contribution in [0.25, 0.3) is 11.1 Å². The Morgan fingerprint density at radius 1 is 1.04 bits per heavy atom. The summed E-state index contributed by atoms with van der Waals surface area (Å²) in [5, 5.41) is 18.4. The van der Waals surface area contributed by atoms with Crippen LogP contribution in [0.15, 0.2) is 60.8 Å². The third kappa shape index (κ3) is 3.98. The van der Waals surface area contributed by atoms with Gasteiger partial charge in [-0.25, -0.2) is 9.78 Å². The molecule has 6 nitrogen and oxygen atoms in total. The van der Waals surface area contributed by atoms with Crippen LogP contribution in [0.3, 0.4) is 0 Å². The highest BCUT2D eigenvalue weighted by Gasteiger charge is 2.19. The van der Waals surface area contributed by atoms with Crippen LogP contribution in [0.4, 0.5) is 0 Å². The molecule has 0 N–H and O–H groups in total. The summed E-state index contributed by atoms with van der Waals surface area (Å²) in [5.41, 5.74) is 2.49. The minimum atomic E-state index is -0.583. The van der Waals surface area contributed by atoms with Crippen LogP contribution in [-0.2, 0) is 11.3 Å². The second-order valence-corrected chi connectivity index (χ2v) is 5.82. The minimum absolute atomic E-state index is 0.106. The molecule has 6 heteroatoms. The van der Waals surface area contributed by atoms with E-state index in [9.17, 15) is 15.3 Å². The van der Waals surface area contributed by atoms with Gasteiger partial charge >= 0.3 is 5.97 Å². The van der Waals surface area contributed by atoms with Crippen molar-refractivity contribution in [3.63, 3.8) is 0 Å². The molecule has 28 heavy (non-hydrogen) atoms. The summed E-state index contributed by atoms with van der Waals surface area (Å²) in [6.45, 7) is 0.106. The van der Waals surface area contributed by atoms with E-state index in [4.69, 9.17) is 9.47 Å². The number of nitriles is 2. The number of esters is 1. The van der Waals surface area contributed by atoms with E-state index in [0.29, 0.717) is 22.4 Å². The highest BCUT2D eigenvalue weighted by Crippen LogP contribution is 2.34. The lowest BCUT2D eigenvalue weighted by Gasteiger charge is -2.13. The molecular formula is C22H15N3O3. The van der Waals surface area contributed by atoms with E-state index < -0.39 is 5.97 Å². The molecule has 0 spiro atoms. The number of aromatic nitrogens is 1. The second-order valence-electron chi connectivity index (χ2n) is 5.82. The number of carbonyl (C=O) groups is 1. The lowest BCUT2D eigenvalue weighted by molar-refractivity contribution is 0.0473. The van der Waals surface area contributed by atoms with E-state index in [-0.39, 0.29) is 17.9 Å². The van der Waals surface area contributed by atoms with Crippen LogP contribution in [-0.4, -0.2) is 18.1 Å². The van der Waals surface area contributed by atoms with Gasteiger partial charge in [0.25, 0.3) is 0 Å². The van der Waals surface area contributed by atoms with Crippen LogP contribution >= 0.6 is 0 Å². The van der Waals surface area contributed by atoms with Gasteiger partial charge in [0.15, 0.2) is 0 Å². The summed E-state index contributed by atoms with van der Waals surface area (Å²) in [4.78, 5) is 16.7. The predicted molar refractivity (Wildman–Crippen MR) is 101 cm³/mol. The molecule has 0 saturated heterocycles. The van der Waals surface area contributed by atoms with Gasteiger partial charge in [-0.1, -0.05) is 30.3 Å². The highest BCUT2D eigenvalue weighted by molar-refractivity contribution is 5.98. The molecule has 0 saturated carbocycles. The van der Waals surface area contributed by atoms with E-state index in [1.54, 1.807) is 18.2 Å². The van der Waals surface area contributed by atoms with Crippen molar-refractivity contribution in [2.24, 2.45) is 0 Å². The first-order valence-corrected chi connectivity index (χ1v) is 8.36. The molecule has 0 bridgehead atoms. The second kappa shape index (κ2) is 8.48. The van der Waals surface area contributed by atoms with Crippen LogP contribution in [0.5, 0.6) is 5.75 Å². The van der Waals surface area contributed by atoms with Crippen molar-refractivity contribution in [2.75, 3.05) is 7.11 Å². The van der Waals surface area contributed by atoms with Gasteiger partial charge in [0.2, 0.25) is 0 Å². The zero-order valence-electron chi connectivity index (χ0n) is 15.0. The lowest BCUT2D eigenvalue weighted by Crippen LogP contribution is -2.08. The fourth-order valence-corrected chi connectivity index (χ4v) is 2.69. The van der Waals surface area contributed by atoms with Crippen molar-refractivity contribution < 1.29 is 14.3 Å². The molecule has 3 rings (SSSR count). The summed E-state index contributed by atoms with van der Waals surface area (Å²) in [7, 11) is 1.49. The maximum Gasteiger partial charge on any atom is 0.340 e. The van der Waals surface area contributed by atoms with Crippen LogP contribution in [0.1, 0.15) is 27.2 Å². The molecule has 0 radical (unpaired) electrons. The maximum atomic E-state index is 12.7. The molecule has 0 atom stereocenters. The predicted octanol–water partition coefficient (Wildman–Crippen LogP) is 3.86. The van der Waals surface area contributed by atoms with Crippen molar-refractivity contribution in [3.8, 4) is 29.0 Å². The highest BCUT2D eigenvalue weighted by atomic mass is 16.5. The smallest absolute Gasteiger partial charge is 0.340 e. The summed E-state index contributed by atoms with van der Waals surface area (Å²) < 4.78 is 10.8. The zero-order valence-corrected chi connectivity index (χ0v) is 15.0. The maximum absolute atomic E-state index is 12.7. The molecule has 136 valence electrons. The van der Waals surface area contributed by atoms with E-state index >= 15 is 0 Å². The number of nitrogens with zero attached hydrogens (tertiary/aromatic N) is 3. The Labute approximate surface area is 162 Å². The molecular weight excluding hydrogens is 354 g/mol. The zero-order chi connectivity index (χ0) is 19.9. The number of methoxy groups -OCH3 is 1. The average Bonchev–Trinajstić information content (AvgIpc) is 2.77. The Morgan fingerprint density at radius 3 is 2.50 bits per heavy atom. The molecule has 0 aliphatic carbocycles. The van der Waals surface area contributed by atoms with Crippen molar-refractivity contribution in [1.82, 2.24) is 4.98 Å². The Balaban J connectivity index is 2.03. The van der Waals surface area contributed by atoms with E-state index in [1.165, 1.54) is 19.4 Å². The van der Waals surface area contributed by atoms with Crippen molar-refractivity contribution in [1.29, 1.82) is 10.5 Å². The fourth-order valence-electron chi connectivity index (χ4n) is 2.69. The SMILES string of the molecule is COc1ccc(C#N)cc1-c1cc(C#N)ncc1C(=O)OCc1ccccc1. The molecule has 2 aromatic carbocycles. The van der Waals surface area contributed by atoms with Crippen LogP contribution < -0.4 is 4.74 Å². The average molecular weight is 369 g/mol.